The summed E-state index contributed by atoms with van der Waals surface area (Å²) in [6.07, 6.45) is -0.547. The van der Waals surface area contributed by atoms with Crippen LogP contribution in [0.1, 0.15) is 26.3 Å². The predicted molar refractivity (Wildman–Crippen MR) is 103 cm³/mol. The molecule has 146 valence electrons. The fraction of sp³-hybridized carbons (Fsp3) is 0.450. The van der Waals surface area contributed by atoms with Crippen LogP contribution in [-0.2, 0) is 20.9 Å². The van der Waals surface area contributed by atoms with Gasteiger partial charge in [0, 0.05) is 12.7 Å². The van der Waals surface area contributed by atoms with Gasteiger partial charge in [0.25, 0.3) is 0 Å². The summed E-state index contributed by atoms with van der Waals surface area (Å²) in [6, 6.07) is 9.63. The first kappa shape index (κ1) is 20.6. The Hall–Kier alpha value is -2.67. The molecule has 1 aromatic carbocycles. The number of nitrogens with one attached hydrogen (secondary N) is 2. The number of hydrogen-bond donors (Lipinski definition) is 2. The molecule has 0 spiro atoms. The lowest BCUT2D eigenvalue weighted by atomic mass is 9.99. The first-order valence-electron chi connectivity index (χ1n) is 8.82. The molecule has 0 atom stereocenters. The van der Waals surface area contributed by atoms with Crippen molar-refractivity contribution in [3.05, 3.63) is 47.2 Å². The number of rotatable bonds is 6. The van der Waals surface area contributed by atoms with E-state index in [2.05, 4.69) is 5.32 Å². The van der Waals surface area contributed by atoms with E-state index >= 15 is 0 Å². The van der Waals surface area contributed by atoms with Crippen molar-refractivity contribution in [1.29, 1.82) is 5.41 Å². The number of hydrogen-bond acceptors (Lipinski definition) is 6. The van der Waals surface area contributed by atoms with Gasteiger partial charge in [-0.3, -0.25) is 9.69 Å². The van der Waals surface area contributed by atoms with Crippen LogP contribution >= 0.6 is 0 Å². The zero-order valence-corrected chi connectivity index (χ0v) is 16.3. The van der Waals surface area contributed by atoms with Crippen LogP contribution in [0.25, 0.3) is 0 Å². The molecule has 2 N–H and O–H groups in total. The Balaban J connectivity index is 2.02. The van der Waals surface area contributed by atoms with Gasteiger partial charge in [-0.05, 0) is 26.3 Å². The lowest BCUT2D eigenvalue weighted by Gasteiger charge is -2.31. The van der Waals surface area contributed by atoms with Gasteiger partial charge in [-0.1, -0.05) is 30.3 Å². The van der Waals surface area contributed by atoms with Crippen molar-refractivity contribution >= 4 is 17.6 Å². The fourth-order valence-electron chi connectivity index (χ4n) is 2.67. The van der Waals surface area contributed by atoms with Crippen molar-refractivity contribution in [3.8, 4) is 0 Å². The fourth-order valence-corrected chi connectivity index (χ4v) is 2.67. The average Bonchev–Trinajstić information content (AvgIpc) is 2.60. The second kappa shape index (κ2) is 8.81. The summed E-state index contributed by atoms with van der Waals surface area (Å²) >= 11 is 0. The molecule has 0 bridgehead atoms. The highest BCUT2D eigenvalue weighted by Crippen LogP contribution is 2.18. The molecule has 1 aliphatic rings. The summed E-state index contributed by atoms with van der Waals surface area (Å²) in [5, 5.41) is 11.2. The van der Waals surface area contributed by atoms with E-state index in [1.165, 1.54) is 4.90 Å². The van der Waals surface area contributed by atoms with Crippen molar-refractivity contribution < 1.29 is 19.1 Å². The van der Waals surface area contributed by atoms with Gasteiger partial charge in [0.1, 0.15) is 5.60 Å². The summed E-state index contributed by atoms with van der Waals surface area (Å²) < 4.78 is 10.9. The minimum absolute atomic E-state index is 0.0214. The Labute approximate surface area is 159 Å². The molecule has 0 saturated carbocycles. The standard InChI is InChI=1S/C20H27N3O4/c1-20(2,3)27-19(25)23-10-16(22-4)18(17(24)11-23)15(21)13-26-12-14-8-6-5-7-9-14/h5-9,21-22H,10-13H2,1-4H3. The van der Waals surface area contributed by atoms with Gasteiger partial charge in [-0.15, -0.1) is 0 Å². The molecule has 1 aliphatic heterocycles. The third-order valence-corrected chi connectivity index (χ3v) is 3.88. The third kappa shape index (κ3) is 5.92. The molecule has 0 fully saturated rings. The van der Waals surface area contributed by atoms with Crippen molar-refractivity contribution in [2.24, 2.45) is 0 Å². The summed E-state index contributed by atoms with van der Waals surface area (Å²) in [4.78, 5) is 26.2. The summed E-state index contributed by atoms with van der Waals surface area (Å²) in [6.45, 7) is 5.78. The van der Waals surface area contributed by atoms with Crippen LogP contribution in [0.4, 0.5) is 4.79 Å². The molecular weight excluding hydrogens is 346 g/mol. The molecule has 0 unspecified atom stereocenters. The van der Waals surface area contributed by atoms with Crippen molar-refractivity contribution in [2.75, 3.05) is 26.7 Å². The summed E-state index contributed by atoms with van der Waals surface area (Å²) in [5.41, 5.74) is 1.26. The topological polar surface area (TPSA) is 91.7 Å². The number of carbonyl (C=O) groups excluding carboxylic acids is 2. The maximum atomic E-state index is 12.6. The SMILES string of the molecule is CNC1=C(C(=N)COCc2ccccc2)C(=O)CN(C(=O)OC(C)(C)C)C1. The van der Waals surface area contributed by atoms with E-state index in [9.17, 15) is 9.59 Å². The second-order valence-electron chi connectivity index (χ2n) is 7.32. The van der Waals surface area contributed by atoms with E-state index in [0.717, 1.165) is 5.56 Å². The number of ketones is 1. The zero-order valence-electron chi connectivity index (χ0n) is 16.3. The number of nitrogens with zero attached hydrogens (tertiary/aromatic N) is 1. The van der Waals surface area contributed by atoms with Crippen molar-refractivity contribution in [2.45, 2.75) is 33.0 Å². The molecule has 0 aromatic heterocycles. The predicted octanol–water partition coefficient (Wildman–Crippen LogP) is 2.52. The number of ether oxygens (including phenoxy) is 2. The molecule has 7 heteroatoms. The van der Waals surface area contributed by atoms with Gasteiger partial charge >= 0.3 is 6.09 Å². The van der Waals surface area contributed by atoms with Crippen LogP contribution < -0.4 is 5.32 Å². The number of likely N-dealkylation sites (N-methyl/N-ethyl adjacent to an activating group) is 1. The van der Waals surface area contributed by atoms with Gasteiger partial charge < -0.3 is 20.2 Å². The van der Waals surface area contributed by atoms with Crippen LogP contribution in [0, 0.1) is 5.41 Å². The van der Waals surface area contributed by atoms with Gasteiger partial charge in [0.15, 0.2) is 5.78 Å². The van der Waals surface area contributed by atoms with Gasteiger partial charge in [-0.2, -0.15) is 0 Å². The van der Waals surface area contributed by atoms with E-state index in [1.54, 1.807) is 27.8 Å². The van der Waals surface area contributed by atoms with E-state index in [0.29, 0.717) is 12.3 Å². The molecule has 1 heterocycles. The van der Waals surface area contributed by atoms with Crippen molar-refractivity contribution in [1.82, 2.24) is 10.2 Å². The van der Waals surface area contributed by atoms with Gasteiger partial charge in [-0.25, -0.2) is 4.79 Å². The van der Waals surface area contributed by atoms with Crippen LogP contribution in [0.5, 0.6) is 0 Å². The highest BCUT2D eigenvalue weighted by atomic mass is 16.6. The minimum Gasteiger partial charge on any atom is -0.444 e. The zero-order chi connectivity index (χ0) is 20.0. The smallest absolute Gasteiger partial charge is 0.411 e. The van der Waals surface area contributed by atoms with Crippen LogP contribution in [0.15, 0.2) is 41.6 Å². The Morgan fingerprint density at radius 3 is 2.48 bits per heavy atom. The number of carbonyl (C=O) groups is 2. The molecular formula is C20H27N3O4. The first-order chi connectivity index (χ1) is 12.7. The maximum absolute atomic E-state index is 12.6. The maximum Gasteiger partial charge on any atom is 0.411 e. The summed E-state index contributed by atoms with van der Waals surface area (Å²) in [7, 11) is 1.67. The quantitative estimate of drug-likeness (QED) is 0.748. The molecule has 27 heavy (non-hydrogen) atoms. The number of Topliss-reactive ketones (excluding diaryl/α,β-unsaturated/α-hetero) is 1. The van der Waals surface area contributed by atoms with E-state index in [4.69, 9.17) is 14.9 Å². The molecule has 0 radical (unpaired) electrons. The Morgan fingerprint density at radius 2 is 1.89 bits per heavy atom. The molecule has 2 rings (SSSR count). The minimum atomic E-state index is -0.637. The second-order valence-corrected chi connectivity index (χ2v) is 7.32. The molecule has 1 amide bonds. The molecule has 7 nitrogen and oxygen atoms in total. The number of benzene rings is 1. The van der Waals surface area contributed by atoms with Crippen LogP contribution in [0.2, 0.25) is 0 Å². The molecule has 1 aromatic rings. The normalized spacial score (nSPS) is 15.0. The van der Waals surface area contributed by atoms with Crippen LogP contribution in [-0.4, -0.2) is 54.8 Å². The Bertz CT molecular complexity index is 735. The molecule has 0 aliphatic carbocycles. The highest BCUT2D eigenvalue weighted by molar-refractivity contribution is 6.23. The average molecular weight is 373 g/mol. The lowest BCUT2D eigenvalue weighted by molar-refractivity contribution is -0.116. The van der Waals surface area contributed by atoms with Gasteiger partial charge in [0.2, 0.25) is 0 Å². The third-order valence-electron chi connectivity index (χ3n) is 3.88. The molecule has 0 saturated heterocycles. The lowest BCUT2D eigenvalue weighted by Crippen LogP contribution is -2.47. The van der Waals surface area contributed by atoms with E-state index in [1.807, 2.05) is 30.3 Å². The Morgan fingerprint density at radius 1 is 1.22 bits per heavy atom. The van der Waals surface area contributed by atoms with E-state index < -0.39 is 11.7 Å². The monoisotopic (exact) mass is 373 g/mol. The van der Waals surface area contributed by atoms with Crippen LogP contribution in [0.3, 0.4) is 0 Å². The van der Waals surface area contributed by atoms with E-state index in [-0.39, 0.29) is 36.8 Å². The Kier molecular flexibility index (Phi) is 6.74. The largest absolute Gasteiger partial charge is 0.444 e. The number of amides is 1. The summed E-state index contributed by atoms with van der Waals surface area (Å²) in [5.74, 6) is -0.301. The first-order valence-corrected chi connectivity index (χ1v) is 8.82. The highest BCUT2D eigenvalue weighted by Gasteiger charge is 2.32. The van der Waals surface area contributed by atoms with Crippen molar-refractivity contribution in [3.63, 3.8) is 0 Å². The van der Waals surface area contributed by atoms with Gasteiger partial charge in [0.05, 0.1) is 37.6 Å².